The highest BCUT2D eigenvalue weighted by Crippen LogP contribution is 2.38. The van der Waals surface area contributed by atoms with Gasteiger partial charge in [0.1, 0.15) is 12.5 Å². The second-order valence-electron chi connectivity index (χ2n) is 12.5. The highest BCUT2D eigenvalue weighted by molar-refractivity contribution is 6.76. The molecule has 1 N–H and O–H groups in total. The summed E-state index contributed by atoms with van der Waals surface area (Å²) < 4.78 is 56.8. The summed E-state index contributed by atoms with van der Waals surface area (Å²) in [5, 5.41) is 7.47. The minimum Gasteiger partial charge on any atom is -0.376 e. The van der Waals surface area contributed by atoms with Crippen molar-refractivity contribution in [2.45, 2.75) is 102 Å². The minimum absolute atomic E-state index is 0.0290. The number of benzene rings is 1. The number of halogens is 3. The molecule has 2 aromatic rings. The van der Waals surface area contributed by atoms with Crippen LogP contribution in [0.25, 0.3) is 0 Å². The molecular formula is C30H45F3N4O3Si. The first-order valence-electron chi connectivity index (χ1n) is 15.0. The third-order valence-electron chi connectivity index (χ3n) is 8.37. The summed E-state index contributed by atoms with van der Waals surface area (Å²) in [5.41, 5.74) is 0.875. The van der Waals surface area contributed by atoms with Crippen molar-refractivity contribution in [3.63, 3.8) is 0 Å². The van der Waals surface area contributed by atoms with Crippen LogP contribution in [0.4, 0.5) is 18.0 Å². The maximum Gasteiger partial charge on any atom is 0.317 e. The summed E-state index contributed by atoms with van der Waals surface area (Å²) in [6.07, 6.45) is 5.70. The van der Waals surface area contributed by atoms with E-state index in [0.29, 0.717) is 58.7 Å². The molecule has 2 aliphatic rings. The van der Waals surface area contributed by atoms with Crippen LogP contribution in [0, 0.1) is 17.5 Å². The Hall–Kier alpha value is -2.37. The van der Waals surface area contributed by atoms with Crippen LogP contribution < -0.4 is 5.32 Å². The molecule has 2 unspecified atom stereocenters. The quantitative estimate of drug-likeness (QED) is 0.180. The Morgan fingerprint density at radius 2 is 1.80 bits per heavy atom. The molecule has 0 bridgehead atoms. The molecule has 228 valence electrons. The fourth-order valence-corrected chi connectivity index (χ4v) is 6.83. The van der Waals surface area contributed by atoms with Gasteiger partial charge in [-0.3, -0.25) is 0 Å². The molecule has 2 heterocycles. The monoisotopic (exact) mass is 594 g/mol. The predicted molar refractivity (Wildman–Crippen MR) is 155 cm³/mol. The van der Waals surface area contributed by atoms with E-state index in [1.165, 1.54) is 0 Å². The number of carbonyl (C=O) groups excluding carboxylic acids is 1. The van der Waals surface area contributed by atoms with Crippen LogP contribution in [0.1, 0.15) is 68.5 Å². The standard InChI is InChI=1S/C30H45F3N4O3Si/c1-5-34-30(38)36-16-6-7-23(26-14-15-35-37(26)20-39-17-18-41(2,3)4)27(36)19-40-22-10-8-21(9-11-22)28-24(31)12-13-25(32)29(28)33/h12-15,21-23,27H,5-11,16-20H2,1-4H3,(H,34,38)/t21-,22+,23?,27?. The molecule has 1 saturated heterocycles. The van der Waals surface area contributed by atoms with E-state index < -0.39 is 25.5 Å². The molecule has 0 spiro atoms. The highest BCUT2D eigenvalue weighted by atomic mass is 28.3. The van der Waals surface area contributed by atoms with Gasteiger partial charge in [-0.1, -0.05) is 19.6 Å². The zero-order valence-electron chi connectivity index (χ0n) is 24.8. The van der Waals surface area contributed by atoms with Gasteiger partial charge in [-0.05, 0) is 75.6 Å². The number of likely N-dealkylation sites (tertiary alicyclic amines) is 1. The predicted octanol–water partition coefficient (Wildman–Crippen LogP) is 6.63. The number of nitrogens with zero attached hydrogens (tertiary/aromatic N) is 3. The van der Waals surface area contributed by atoms with E-state index in [4.69, 9.17) is 9.47 Å². The number of amides is 2. The summed E-state index contributed by atoms with van der Waals surface area (Å²) >= 11 is 0. The van der Waals surface area contributed by atoms with E-state index >= 15 is 0 Å². The number of hydrogen-bond acceptors (Lipinski definition) is 4. The van der Waals surface area contributed by atoms with E-state index in [0.717, 1.165) is 36.7 Å². The van der Waals surface area contributed by atoms with Gasteiger partial charge in [0.15, 0.2) is 11.6 Å². The van der Waals surface area contributed by atoms with Gasteiger partial charge >= 0.3 is 6.03 Å². The number of ether oxygens (including phenoxy) is 2. The number of carbonyl (C=O) groups is 1. The largest absolute Gasteiger partial charge is 0.376 e. The first kappa shape index (κ1) is 31.6. The van der Waals surface area contributed by atoms with Gasteiger partial charge in [-0.2, -0.15) is 5.10 Å². The fourth-order valence-electron chi connectivity index (χ4n) is 6.08. The third kappa shape index (κ3) is 8.13. The van der Waals surface area contributed by atoms with E-state index in [1.807, 2.05) is 22.6 Å². The number of urea groups is 1. The van der Waals surface area contributed by atoms with Crippen molar-refractivity contribution >= 4 is 14.1 Å². The summed E-state index contributed by atoms with van der Waals surface area (Å²) in [7, 11) is -1.20. The second kappa shape index (κ2) is 14.2. The number of rotatable bonds is 11. The van der Waals surface area contributed by atoms with Gasteiger partial charge in [-0.15, -0.1) is 0 Å². The Morgan fingerprint density at radius 1 is 1.07 bits per heavy atom. The molecule has 1 aromatic carbocycles. The van der Waals surface area contributed by atoms with Crippen LogP contribution in [-0.2, 0) is 16.2 Å². The summed E-state index contributed by atoms with van der Waals surface area (Å²) in [5.74, 6) is -3.15. The maximum atomic E-state index is 14.4. The van der Waals surface area contributed by atoms with Gasteiger partial charge in [0, 0.05) is 51.1 Å². The lowest BCUT2D eigenvalue weighted by atomic mass is 9.82. The average Bonchev–Trinajstić information content (AvgIpc) is 3.41. The lowest BCUT2D eigenvalue weighted by Gasteiger charge is -2.42. The first-order valence-corrected chi connectivity index (χ1v) is 18.7. The van der Waals surface area contributed by atoms with Crippen LogP contribution in [0.2, 0.25) is 25.7 Å². The summed E-state index contributed by atoms with van der Waals surface area (Å²) in [4.78, 5) is 14.9. The van der Waals surface area contributed by atoms with Crippen molar-refractivity contribution in [1.82, 2.24) is 20.0 Å². The van der Waals surface area contributed by atoms with Crippen molar-refractivity contribution in [2.24, 2.45) is 0 Å². The smallest absolute Gasteiger partial charge is 0.317 e. The van der Waals surface area contributed by atoms with Crippen LogP contribution in [0.3, 0.4) is 0 Å². The van der Waals surface area contributed by atoms with Crippen molar-refractivity contribution in [3.8, 4) is 0 Å². The summed E-state index contributed by atoms with van der Waals surface area (Å²) in [6.45, 7) is 11.5. The lowest BCUT2D eigenvalue weighted by molar-refractivity contribution is -0.0185. The topological polar surface area (TPSA) is 68.6 Å². The first-order chi connectivity index (χ1) is 19.6. The zero-order chi connectivity index (χ0) is 29.6. The van der Waals surface area contributed by atoms with Gasteiger partial charge in [0.05, 0.1) is 18.8 Å². The molecule has 1 aliphatic heterocycles. The molecule has 2 amide bonds. The van der Waals surface area contributed by atoms with E-state index in [2.05, 4.69) is 30.1 Å². The molecule has 1 aromatic heterocycles. The normalized spacial score (nSPS) is 23.5. The number of hydrogen-bond donors (Lipinski definition) is 1. The minimum atomic E-state index is -1.20. The Morgan fingerprint density at radius 3 is 2.51 bits per heavy atom. The highest BCUT2D eigenvalue weighted by Gasteiger charge is 2.38. The molecule has 11 heteroatoms. The molecule has 1 aliphatic carbocycles. The Bertz CT molecular complexity index is 1150. The molecule has 2 fully saturated rings. The molecule has 41 heavy (non-hydrogen) atoms. The van der Waals surface area contributed by atoms with Crippen molar-refractivity contribution in [2.75, 3.05) is 26.3 Å². The van der Waals surface area contributed by atoms with Crippen LogP contribution >= 0.6 is 0 Å². The SMILES string of the molecule is CCNC(=O)N1CCCC(c2ccnn2COCC[Si](C)(C)C)C1CO[C@H]1CC[C@@H](c2c(F)ccc(F)c2F)CC1. The van der Waals surface area contributed by atoms with Gasteiger partial charge in [-0.25, -0.2) is 22.6 Å². The zero-order valence-corrected chi connectivity index (χ0v) is 25.8. The van der Waals surface area contributed by atoms with Crippen molar-refractivity contribution in [3.05, 3.63) is 53.1 Å². The second-order valence-corrected chi connectivity index (χ2v) is 18.1. The Kier molecular flexibility index (Phi) is 10.9. The molecular weight excluding hydrogens is 549 g/mol. The van der Waals surface area contributed by atoms with E-state index in [-0.39, 0.29) is 35.6 Å². The van der Waals surface area contributed by atoms with E-state index in [9.17, 15) is 18.0 Å². The fraction of sp³-hybridized carbons (Fsp3) is 0.667. The average molecular weight is 595 g/mol. The lowest BCUT2D eigenvalue weighted by Crippen LogP contribution is -2.54. The maximum absolute atomic E-state index is 14.4. The number of nitrogens with one attached hydrogen (secondary N) is 1. The third-order valence-corrected chi connectivity index (χ3v) is 10.1. The summed E-state index contributed by atoms with van der Waals surface area (Å²) in [6, 6.07) is 4.61. The van der Waals surface area contributed by atoms with E-state index in [1.54, 1.807) is 6.20 Å². The van der Waals surface area contributed by atoms with Gasteiger partial charge < -0.3 is 19.7 Å². The number of aromatic nitrogens is 2. The van der Waals surface area contributed by atoms with Gasteiger partial charge in [0.25, 0.3) is 0 Å². The van der Waals surface area contributed by atoms with Gasteiger partial charge in [0.2, 0.25) is 0 Å². The van der Waals surface area contributed by atoms with Crippen LogP contribution in [0.5, 0.6) is 0 Å². The van der Waals surface area contributed by atoms with Crippen molar-refractivity contribution in [1.29, 1.82) is 0 Å². The molecule has 4 rings (SSSR count). The molecule has 0 radical (unpaired) electrons. The van der Waals surface area contributed by atoms with Crippen molar-refractivity contribution < 1.29 is 27.4 Å². The Balaban J connectivity index is 1.42. The number of piperidine rings is 1. The van der Waals surface area contributed by atoms with Crippen LogP contribution in [0.15, 0.2) is 24.4 Å². The van der Waals surface area contributed by atoms with Crippen LogP contribution in [-0.4, -0.2) is 67.2 Å². The molecule has 7 nitrogen and oxygen atoms in total. The molecule has 2 atom stereocenters. The molecule has 1 saturated carbocycles. The Labute approximate surface area is 242 Å².